The number of hydrogen-bond acceptors (Lipinski definition) is 4. The number of aryl methyl sites for hydroxylation is 1. The molecule has 1 aromatic carbocycles. The summed E-state index contributed by atoms with van der Waals surface area (Å²) in [6.07, 6.45) is 6.12. The third-order valence-electron chi connectivity index (χ3n) is 4.83. The number of carbonyl (C=O) groups is 1. The van der Waals surface area contributed by atoms with Gasteiger partial charge in [-0.25, -0.2) is 4.98 Å². The van der Waals surface area contributed by atoms with E-state index in [0.717, 1.165) is 18.0 Å². The van der Waals surface area contributed by atoms with Gasteiger partial charge in [0.1, 0.15) is 12.7 Å². The molecule has 1 fully saturated rings. The Morgan fingerprint density at radius 2 is 1.92 bits per heavy atom. The van der Waals surface area contributed by atoms with Crippen LogP contribution in [0.5, 0.6) is 0 Å². The van der Waals surface area contributed by atoms with Crippen molar-refractivity contribution in [2.75, 3.05) is 13.1 Å². The number of amides is 1. The molecule has 1 saturated heterocycles. The van der Waals surface area contributed by atoms with Crippen molar-refractivity contribution in [2.45, 2.75) is 45.8 Å². The minimum absolute atomic E-state index is 0.0296. The quantitative estimate of drug-likeness (QED) is 0.839. The summed E-state index contributed by atoms with van der Waals surface area (Å²) in [5.74, 6) is 0.897. The Kier molecular flexibility index (Phi) is 6.17. The molecule has 25 heavy (non-hydrogen) atoms. The summed E-state index contributed by atoms with van der Waals surface area (Å²) in [6.45, 7) is 6.88. The fraction of sp³-hybridized carbons (Fsp3) is 0.526. The molecular formula is C19H27N5O. The maximum atomic E-state index is 11.9. The highest BCUT2D eigenvalue weighted by Crippen LogP contribution is 2.18. The predicted octanol–water partition coefficient (Wildman–Crippen LogP) is 2.22. The van der Waals surface area contributed by atoms with Crippen LogP contribution < -0.4 is 5.32 Å². The molecule has 1 aliphatic heterocycles. The monoisotopic (exact) mass is 341 g/mol. The van der Waals surface area contributed by atoms with Crippen molar-refractivity contribution in [2.24, 2.45) is 5.92 Å². The lowest BCUT2D eigenvalue weighted by molar-refractivity contribution is -0.121. The lowest BCUT2D eigenvalue weighted by Gasteiger charge is -2.30. The van der Waals surface area contributed by atoms with Crippen LogP contribution in [-0.4, -0.2) is 38.7 Å². The molecule has 0 unspecified atom stereocenters. The highest BCUT2D eigenvalue weighted by molar-refractivity contribution is 5.75. The van der Waals surface area contributed by atoms with Crippen LogP contribution in [0.3, 0.4) is 0 Å². The first-order chi connectivity index (χ1) is 12.2. The first-order valence-electron chi connectivity index (χ1n) is 9.08. The van der Waals surface area contributed by atoms with E-state index in [1.165, 1.54) is 37.8 Å². The topological polar surface area (TPSA) is 63.1 Å². The molecule has 1 amide bonds. The molecule has 0 spiro atoms. The van der Waals surface area contributed by atoms with Crippen molar-refractivity contribution in [3.8, 4) is 0 Å². The molecule has 3 rings (SSSR count). The Labute approximate surface area is 149 Å². The van der Waals surface area contributed by atoms with Crippen LogP contribution >= 0.6 is 0 Å². The average Bonchev–Trinajstić information content (AvgIpc) is 3.15. The van der Waals surface area contributed by atoms with Crippen molar-refractivity contribution in [1.82, 2.24) is 25.0 Å². The van der Waals surface area contributed by atoms with Crippen molar-refractivity contribution in [3.05, 3.63) is 48.0 Å². The molecule has 6 heteroatoms. The number of aromatic nitrogens is 3. The molecule has 0 bridgehead atoms. The second kappa shape index (κ2) is 8.76. The average molecular weight is 341 g/mol. The Morgan fingerprint density at radius 3 is 2.60 bits per heavy atom. The maximum absolute atomic E-state index is 11.9. The minimum Gasteiger partial charge on any atom is -0.352 e. The third kappa shape index (κ3) is 5.67. The van der Waals surface area contributed by atoms with Gasteiger partial charge >= 0.3 is 0 Å². The Hall–Kier alpha value is -2.21. The minimum atomic E-state index is 0.0296. The van der Waals surface area contributed by atoms with E-state index in [1.54, 1.807) is 11.0 Å². The van der Waals surface area contributed by atoms with Crippen molar-refractivity contribution in [3.63, 3.8) is 0 Å². The van der Waals surface area contributed by atoms with E-state index in [1.807, 2.05) is 0 Å². The van der Waals surface area contributed by atoms with Gasteiger partial charge in [0.15, 0.2) is 0 Å². The van der Waals surface area contributed by atoms with Crippen LogP contribution in [-0.2, 0) is 24.4 Å². The van der Waals surface area contributed by atoms with Gasteiger partial charge in [0, 0.05) is 19.5 Å². The Bertz CT molecular complexity index is 645. The van der Waals surface area contributed by atoms with E-state index in [4.69, 9.17) is 0 Å². The second-order valence-electron chi connectivity index (χ2n) is 6.96. The number of rotatable bonds is 7. The third-order valence-corrected chi connectivity index (χ3v) is 4.83. The highest BCUT2D eigenvalue weighted by Gasteiger charge is 2.15. The molecule has 0 radical (unpaired) electrons. The number of likely N-dealkylation sites (tertiary alicyclic amines) is 1. The van der Waals surface area contributed by atoms with Gasteiger partial charge < -0.3 is 5.32 Å². The zero-order valence-electron chi connectivity index (χ0n) is 14.9. The molecule has 6 nitrogen and oxygen atoms in total. The normalized spacial score (nSPS) is 16.0. The smallest absolute Gasteiger partial charge is 0.222 e. The van der Waals surface area contributed by atoms with Gasteiger partial charge in [0.2, 0.25) is 5.91 Å². The van der Waals surface area contributed by atoms with Gasteiger partial charge in [-0.2, -0.15) is 5.10 Å². The molecule has 1 aliphatic rings. The molecule has 0 atom stereocenters. The van der Waals surface area contributed by atoms with Crippen LogP contribution in [0.2, 0.25) is 0 Å². The lowest BCUT2D eigenvalue weighted by Crippen LogP contribution is -2.32. The van der Waals surface area contributed by atoms with Crippen molar-refractivity contribution >= 4 is 5.91 Å². The lowest BCUT2D eigenvalue weighted by atomic mass is 9.99. The largest absolute Gasteiger partial charge is 0.352 e. The van der Waals surface area contributed by atoms with E-state index in [9.17, 15) is 4.79 Å². The predicted molar refractivity (Wildman–Crippen MR) is 96.6 cm³/mol. The van der Waals surface area contributed by atoms with E-state index in [2.05, 4.69) is 51.5 Å². The van der Waals surface area contributed by atoms with E-state index >= 15 is 0 Å². The number of piperidine rings is 1. The summed E-state index contributed by atoms with van der Waals surface area (Å²) in [4.78, 5) is 18.3. The summed E-state index contributed by atoms with van der Waals surface area (Å²) >= 11 is 0. The molecule has 1 N–H and O–H groups in total. The van der Waals surface area contributed by atoms with Gasteiger partial charge in [0.25, 0.3) is 0 Å². The summed E-state index contributed by atoms with van der Waals surface area (Å²) < 4.78 is 1.66. The fourth-order valence-electron chi connectivity index (χ4n) is 3.09. The van der Waals surface area contributed by atoms with Crippen LogP contribution in [0, 0.1) is 5.92 Å². The number of nitrogens with zero attached hydrogens (tertiary/aromatic N) is 4. The highest BCUT2D eigenvalue weighted by atomic mass is 16.1. The number of carbonyl (C=O) groups excluding carboxylic acids is 1. The van der Waals surface area contributed by atoms with Crippen molar-refractivity contribution in [1.29, 1.82) is 0 Å². The van der Waals surface area contributed by atoms with Gasteiger partial charge in [0.05, 0.1) is 6.54 Å². The maximum Gasteiger partial charge on any atom is 0.222 e. The summed E-state index contributed by atoms with van der Waals surface area (Å²) in [6, 6.07) is 8.57. The molecule has 2 aromatic rings. The molecule has 1 aromatic heterocycles. The zero-order chi connectivity index (χ0) is 17.5. The van der Waals surface area contributed by atoms with Crippen molar-refractivity contribution < 1.29 is 4.79 Å². The number of hydrogen-bond donors (Lipinski definition) is 1. The molecule has 2 heterocycles. The van der Waals surface area contributed by atoms with Gasteiger partial charge in [-0.15, -0.1) is 0 Å². The first-order valence-corrected chi connectivity index (χ1v) is 9.08. The molecule has 0 aliphatic carbocycles. The van der Waals surface area contributed by atoms with E-state index in [-0.39, 0.29) is 5.91 Å². The van der Waals surface area contributed by atoms with Crippen LogP contribution in [0.4, 0.5) is 0 Å². The molecule has 0 saturated carbocycles. The molecular weight excluding hydrogens is 314 g/mol. The first kappa shape index (κ1) is 17.6. The number of benzene rings is 1. The molecule has 134 valence electrons. The number of nitrogens with one attached hydrogen (secondary N) is 1. The van der Waals surface area contributed by atoms with Crippen LogP contribution in [0.1, 0.15) is 37.3 Å². The summed E-state index contributed by atoms with van der Waals surface area (Å²) in [5.41, 5.74) is 2.47. The van der Waals surface area contributed by atoms with E-state index in [0.29, 0.717) is 19.5 Å². The summed E-state index contributed by atoms with van der Waals surface area (Å²) in [7, 11) is 0. The Balaban J connectivity index is 1.39. The van der Waals surface area contributed by atoms with Gasteiger partial charge in [-0.3, -0.25) is 14.4 Å². The standard InChI is InChI=1S/C19H27N5O/c1-16-6-9-23(10-7-16)13-18-4-2-17(3-5-18)12-21-19(25)8-11-24-15-20-14-22-24/h2-5,14-16H,6-13H2,1H3,(H,21,25). The second-order valence-corrected chi connectivity index (χ2v) is 6.96. The van der Waals surface area contributed by atoms with Gasteiger partial charge in [-0.1, -0.05) is 31.2 Å². The SMILES string of the molecule is CC1CCN(Cc2ccc(CNC(=O)CCn3cncn3)cc2)CC1. The van der Waals surface area contributed by atoms with Crippen LogP contribution in [0.25, 0.3) is 0 Å². The Morgan fingerprint density at radius 1 is 1.20 bits per heavy atom. The van der Waals surface area contributed by atoms with Gasteiger partial charge in [-0.05, 0) is 43.0 Å². The fourth-order valence-corrected chi connectivity index (χ4v) is 3.09. The van der Waals surface area contributed by atoms with E-state index < -0.39 is 0 Å². The summed E-state index contributed by atoms with van der Waals surface area (Å²) in [5, 5.41) is 6.95. The van der Waals surface area contributed by atoms with Crippen LogP contribution in [0.15, 0.2) is 36.9 Å². The zero-order valence-corrected chi connectivity index (χ0v) is 14.9.